The van der Waals surface area contributed by atoms with Crippen LogP contribution < -0.4 is 4.74 Å². The van der Waals surface area contributed by atoms with Gasteiger partial charge in [0.05, 0.1) is 11.6 Å². The predicted molar refractivity (Wildman–Crippen MR) is 77.0 cm³/mol. The summed E-state index contributed by atoms with van der Waals surface area (Å²) in [5.74, 6) is 1.41. The zero-order chi connectivity index (χ0) is 14.5. The fourth-order valence-electron chi connectivity index (χ4n) is 1.82. The maximum absolute atomic E-state index is 11.5. The Kier molecular flexibility index (Phi) is 4.17. The van der Waals surface area contributed by atoms with Crippen LogP contribution in [-0.2, 0) is 0 Å². The average molecular weight is 265 g/mol. The molecule has 3 heteroatoms. The van der Waals surface area contributed by atoms with Gasteiger partial charge in [-0.2, -0.15) is 5.26 Å². The van der Waals surface area contributed by atoms with Crippen LogP contribution >= 0.6 is 0 Å². The normalized spacial score (nSPS) is 9.85. The second-order valence-corrected chi connectivity index (χ2v) is 4.50. The predicted octanol–water partition coefficient (Wildman–Crippen LogP) is 4.25. The average Bonchev–Trinajstić information content (AvgIpc) is 2.49. The van der Waals surface area contributed by atoms with Crippen molar-refractivity contribution in [2.24, 2.45) is 0 Å². The maximum Gasteiger partial charge on any atom is 0.162 e. The molecule has 0 atom stereocenters. The number of Topliss-reactive ketones (excluding diaryl/α,β-unsaturated/α-hetero) is 1. The fraction of sp³-hybridized carbons (Fsp3) is 0.176. The van der Waals surface area contributed by atoms with E-state index in [4.69, 9.17) is 10.00 Å². The van der Waals surface area contributed by atoms with Gasteiger partial charge < -0.3 is 4.74 Å². The summed E-state index contributed by atoms with van der Waals surface area (Å²) >= 11 is 0. The standard InChI is InChI=1S/C17H15NO2/c1-3-16(19)14-6-8-15(9-7-14)20-17-10-13(11-18)5-4-12(17)2/h4-10H,3H2,1-2H3. The first-order valence-corrected chi connectivity index (χ1v) is 6.46. The van der Waals surface area contributed by atoms with E-state index >= 15 is 0 Å². The lowest BCUT2D eigenvalue weighted by atomic mass is 10.1. The molecular weight excluding hydrogens is 250 g/mol. The van der Waals surface area contributed by atoms with Crippen molar-refractivity contribution in [2.75, 3.05) is 0 Å². The third-order valence-electron chi connectivity index (χ3n) is 3.04. The number of hydrogen-bond donors (Lipinski definition) is 0. The Morgan fingerprint density at radius 2 is 1.90 bits per heavy atom. The zero-order valence-electron chi connectivity index (χ0n) is 11.5. The van der Waals surface area contributed by atoms with Crippen LogP contribution in [0, 0.1) is 18.3 Å². The summed E-state index contributed by atoms with van der Waals surface area (Å²) in [6, 6.07) is 14.4. The van der Waals surface area contributed by atoms with Crippen LogP contribution in [0.1, 0.15) is 34.8 Å². The lowest BCUT2D eigenvalue weighted by Gasteiger charge is -2.09. The Labute approximate surface area is 118 Å². The molecule has 0 saturated heterocycles. The first-order chi connectivity index (χ1) is 9.63. The summed E-state index contributed by atoms with van der Waals surface area (Å²) in [4.78, 5) is 11.5. The molecule has 2 aromatic rings. The van der Waals surface area contributed by atoms with E-state index in [1.54, 1.807) is 36.4 Å². The first kappa shape index (κ1) is 13.8. The Bertz CT molecular complexity index is 666. The van der Waals surface area contributed by atoms with E-state index in [0.29, 0.717) is 29.0 Å². The highest BCUT2D eigenvalue weighted by Crippen LogP contribution is 2.26. The molecule has 0 amide bonds. The van der Waals surface area contributed by atoms with E-state index in [0.717, 1.165) is 5.56 Å². The summed E-state index contributed by atoms with van der Waals surface area (Å²) in [5, 5.41) is 8.90. The van der Waals surface area contributed by atoms with Crippen LogP contribution in [-0.4, -0.2) is 5.78 Å². The lowest BCUT2D eigenvalue weighted by molar-refractivity contribution is 0.0988. The molecule has 0 bridgehead atoms. The van der Waals surface area contributed by atoms with Gasteiger partial charge >= 0.3 is 0 Å². The summed E-state index contributed by atoms with van der Waals surface area (Å²) < 4.78 is 5.76. The van der Waals surface area contributed by atoms with Gasteiger partial charge in [0, 0.05) is 12.0 Å². The first-order valence-electron chi connectivity index (χ1n) is 6.46. The number of nitrogens with zero attached hydrogens (tertiary/aromatic N) is 1. The number of aryl methyl sites for hydroxylation is 1. The molecule has 0 heterocycles. The minimum atomic E-state index is 0.110. The smallest absolute Gasteiger partial charge is 0.162 e. The van der Waals surface area contributed by atoms with E-state index in [1.165, 1.54) is 0 Å². The van der Waals surface area contributed by atoms with Crippen molar-refractivity contribution in [2.45, 2.75) is 20.3 Å². The van der Waals surface area contributed by atoms with Gasteiger partial charge in [0.1, 0.15) is 11.5 Å². The second-order valence-electron chi connectivity index (χ2n) is 4.50. The van der Waals surface area contributed by atoms with Crippen LogP contribution in [0.3, 0.4) is 0 Å². The molecule has 0 aromatic heterocycles. The largest absolute Gasteiger partial charge is 0.457 e. The van der Waals surface area contributed by atoms with Gasteiger partial charge in [0.2, 0.25) is 0 Å². The Morgan fingerprint density at radius 1 is 1.20 bits per heavy atom. The van der Waals surface area contributed by atoms with Crippen LogP contribution in [0.15, 0.2) is 42.5 Å². The molecule has 2 aromatic carbocycles. The molecule has 0 aliphatic heterocycles. The van der Waals surface area contributed by atoms with Gasteiger partial charge in [-0.1, -0.05) is 13.0 Å². The number of ketones is 1. The van der Waals surface area contributed by atoms with E-state index < -0.39 is 0 Å². The van der Waals surface area contributed by atoms with Crippen LogP contribution in [0.25, 0.3) is 0 Å². The fourth-order valence-corrected chi connectivity index (χ4v) is 1.82. The van der Waals surface area contributed by atoms with Gasteiger partial charge in [-0.3, -0.25) is 4.79 Å². The number of nitriles is 1. The molecule has 0 unspecified atom stereocenters. The number of benzene rings is 2. The van der Waals surface area contributed by atoms with Crippen molar-refractivity contribution in [3.05, 3.63) is 59.2 Å². The van der Waals surface area contributed by atoms with Crippen LogP contribution in [0.5, 0.6) is 11.5 Å². The van der Waals surface area contributed by atoms with Crippen molar-refractivity contribution >= 4 is 5.78 Å². The Morgan fingerprint density at radius 3 is 2.50 bits per heavy atom. The van der Waals surface area contributed by atoms with Gasteiger partial charge in [-0.15, -0.1) is 0 Å². The van der Waals surface area contributed by atoms with Gasteiger partial charge in [0.15, 0.2) is 5.78 Å². The highest BCUT2D eigenvalue weighted by atomic mass is 16.5. The van der Waals surface area contributed by atoms with Gasteiger partial charge in [0.25, 0.3) is 0 Å². The minimum Gasteiger partial charge on any atom is -0.457 e. The third-order valence-corrected chi connectivity index (χ3v) is 3.04. The van der Waals surface area contributed by atoms with Crippen molar-refractivity contribution < 1.29 is 9.53 Å². The van der Waals surface area contributed by atoms with E-state index in [2.05, 4.69) is 6.07 Å². The highest BCUT2D eigenvalue weighted by molar-refractivity contribution is 5.95. The van der Waals surface area contributed by atoms with E-state index in [-0.39, 0.29) is 5.78 Å². The number of carbonyl (C=O) groups excluding carboxylic acids is 1. The summed E-state index contributed by atoms with van der Waals surface area (Å²) in [6.45, 7) is 3.76. The van der Waals surface area contributed by atoms with Crippen LogP contribution in [0.2, 0.25) is 0 Å². The molecule has 0 N–H and O–H groups in total. The molecule has 2 rings (SSSR count). The summed E-state index contributed by atoms with van der Waals surface area (Å²) in [5.41, 5.74) is 2.20. The molecule has 0 radical (unpaired) electrons. The van der Waals surface area contributed by atoms with E-state index in [9.17, 15) is 4.79 Å². The molecule has 3 nitrogen and oxygen atoms in total. The minimum absolute atomic E-state index is 0.110. The molecular formula is C17H15NO2. The molecule has 100 valence electrons. The Hall–Kier alpha value is -2.60. The third kappa shape index (κ3) is 3.04. The summed E-state index contributed by atoms with van der Waals surface area (Å²) in [7, 11) is 0. The lowest BCUT2D eigenvalue weighted by Crippen LogP contribution is -1.96. The molecule has 0 spiro atoms. The SMILES string of the molecule is CCC(=O)c1ccc(Oc2cc(C#N)ccc2C)cc1. The topological polar surface area (TPSA) is 50.1 Å². The quantitative estimate of drug-likeness (QED) is 0.776. The van der Waals surface area contributed by atoms with Gasteiger partial charge in [-0.25, -0.2) is 0 Å². The molecule has 0 aliphatic carbocycles. The molecule has 0 saturated carbocycles. The monoisotopic (exact) mass is 265 g/mol. The van der Waals surface area contributed by atoms with Crippen molar-refractivity contribution in [1.82, 2.24) is 0 Å². The molecule has 20 heavy (non-hydrogen) atoms. The van der Waals surface area contributed by atoms with Crippen LogP contribution in [0.4, 0.5) is 0 Å². The number of carbonyl (C=O) groups is 1. The number of hydrogen-bond acceptors (Lipinski definition) is 3. The maximum atomic E-state index is 11.5. The van der Waals surface area contributed by atoms with Crippen molar-refractivity contribution in [3.63, 3.8) is 0 Å². The highest BCUT2D eigenvalue weighted by Gasteiger charge is 2.05. The Balaban J connectivity index is 2.22. The van der Waals surface area contributed by atoms with Crippen molar-refractivity contribution in [1.29, 1.82) is 5.26 Å². The second kappa shape index (κ2) is 6.03. The molecule has 0 aliphatic rings. The number of ether oxygens (including phenoxy) is 1. The number of rotatable bonds is 4. The van der Waals surface area contributed by atoms with E-state index in [1.807, 2.05) is 19.9 Å². The van der Waals surface area contributed by atoms with Gasteiger partial charge in [-0.05, 0) is 48.9 Å². The van der Waals surface area contributed by atoms with Crippen molar-refractivity contribution in [3.8, 4) is 17.6 Å². The summed E-state index contributed by atoms with van der Waals surface area (Å²) in [6.07, 6.45) is 0.490. The molecule has 0 fully saturated rings. The zero-order valence-corrected chi connectivity index (χ0v) is 11.5.